The molecule has 0 saturated carbocycles. The van der Waals surface area contributed by atoms with Gasteiger partial charge >= 0.3 is 11.9 Å². The van der Waals surface area contributed by atoms with Gasteiger partial charge in [-0.1, -0.05) is 35.9 Å². The Kier molecular flexibility index (Phi) is 3.49. The van der Waals surface area contributed by atoms with Crippen molar-refractivity contribution in [3.8, 4) is 0 Å². The van der Waals surface area contributed by atoms with Crippen molar-refractivity contribution in [3.63, 3.8) is 0 Å². The van der Waals surface area contributed by atoms with Gasteiger partial charge in [-0.05, 0) is 37.5 Å². The second kappa shape index (κ2) is 4.96. The van der Waals surface area contributed by atoms with Crippen LogP contribution in [-0.4, -0.2) is 22.2 Å². The first kappa shape index (κ1) is 14.1. The van der Waals surface area contributed by atoms with Gasteiger partial charge in [-0.15, -0.1) is 0 Å². The van der Waals surface area contributed by atoms with E-state index in [-0.39, 0.29) is 12.0 Å². The minimum absolute atomic E-state index is 0.00696. The van der Waals surface area contributed by atoms with Gasteiger partial charge in [-0.25, -0.2) is 4.79 Å². The summed E-state index contributed by atoms with van der Waals surface area (Å²) in [5.41, 5.74) is 1.44. The summed E-state index contributed by atoms with van der Waals surface area (Å²) in [5, 5.41) is 18.5. The minimum Gasteiger partial charge on any atom is -0.481 e. The molecular weight excluding hydrogens is 256 g/mol. The molecule has 0 saturated heterocycles. The van der Waals surface area contributed by atoms with Crippen LogP contribution >= 0.6 is 0 Å². The third-order valence-electron chi connectivity index (χ3n) is 3.48. The van der Waals surface area contributed by atoms with E-state index in [0.717, 1.165) is 11.1 Å². The van der Waals surface area contributed by atoms with Crippen molar-refractivity contribution < 1.29 is 19.8 Å². The van der Waals surface area contributed by atoms with Gasteiger partial charge in [0.05, 0.1) is 5.41 Å². The van der Waals surface area contributed by atoms with Crippen molar-refractivity contribution in [2.24, 2.45) is 5.41 Å². The summed E-state index contributed by atoms with van der Waals surface area (Å²) in [4.78, 5) is 22.6. The SMILES string of the molecule is Cc1cccc(C2=CC(C)(C(=O)O)CC(C(=O)O)=C2)c1. The Morgan fingerprint density at radius 1 is 1.25 bits per heavy atom. The zero-order valence-corrected chi connectivity index (χ0v) is 11.4. The quantitative estimate of drug-likeness (QED) is 0.887. The Morgan fingerprint density at radius 2 is 1.95 bits per heavy atom. The Bertz CT molecular complexity index is 640. The van der Waals surface area contributed by atoms with Crippen LogP contribution < -0.4 is 0 Å². The number of hydrogen-bond acceptors (Lipinski definition) is 2. The van der Waals surface area contributed by atoms with Gasteiger partial charge in [0.25, 0.3) is 0 Å². The first-order valence-corrected chi connectivity index (χ1v) is 6.29. The highest BCUT2D eigenvalue weighted by Crippen LogP contribution is 2.37. The lowest BCUT2D eigenvalue weighted by molar-refractivity contribution is -0.145. The number of carboxylic acid groups (broad SMARTS) is 2. The zero-order chi connectivity index (χ0) is 14.9. The maximum Gasteiger partial charge on any atom is 0.331 e. The molecule has 2 rings (SSSR count). The molecule has 1 aromatic carbocycles. The lowest BCUT2D eigenvalue weighted by atomic mass is 9.76. The summed E-state index contributed by atoms with van der Waals surface area (Å²) >= 11 is 0. The molecule has 0 fully saturated rings. The van der Waals surface area contributed by atoms with E-state index >= 15 is 0 Å². The topological polar surface area (TPSA) is 74.6 Å². The summed E-state index contributed by atoms with van der Waals surface area (Å²) in [7, 11) is 0. The van der Waals surface area contributed by atoms with E-state index in [1.807, 2.05) is 31.2 Å². The predicted octanol–water partition coefficient (Wildman–Crippen LogP) is 2.88. The highest BCUT2D eigenvalue weighted by atomic mass is 16.4. The second-order valence-electron chi connectivity index (χ2n) is 5.34. The van der Waals surface area contributed by atoms with E-state index in [0.29, 0.717) is 5.57 Å². The maximum atomic E-state index is 11.4. The van der Waals surface area contributed by atoms with Crippen molar-refractivity contribution >= 4 is 17.5 Å². The number of allylic oxidation sites excluding steroid dienone is 2. The molecule has 0 aromatic heterocycles. The molecule has 0 spiro atoms. The third-order valence-corrected chi connectivity index (χ3v) is 3.48. The second-order valence-corrected chi connectivity index (χ2v) is 5.34. The van der Waals surface area contributed by atoms with Crippen LogP contribution in [-0.2, 0) is 9.59 Å². The van der Waals surface area contributed by atoms with Crippen LogP contribution in [0.1, 0.15) is 24.5 Å². The fourth-order valence-electron chi connectivity index (χ4n) is 2.34. The van der Waals surface area contributed by atoms with Crippen molar-refractivity contribution in [1.82, 2.24) is 0 Å². The van der Waals surface area contributed by atoms with Crippen molar-refractivity contribution in [2.45, 2.75) is 20.3 Å². The number of carboxylic acids is 2. The molecule has 0 amide bonds. The van der Waals surface area contributed by atoms with Crippen LogP contribution in [0.2, 0.25) is 0 Å². The van der Waals surface area contributed by atoms with Gasteiger partial charge in [-0.2, -0.15) is 0 Å². The average molecular weight is 272 g/mol. The van der Waals surface area contributed by atoms with Crippen molar-refractivity contribution in [2.75, 3.05) is 0 Å². The average Bonchev–Trinajstić information content (AvgIpc) is 2.38. The van der Waals surface area contributed by atoms with E-state index in [1.54, 1.807) is 19.1 Å². The third kappa shape index (κ3) is 2.64. The first-order valence-electron chi connectivity index (χ1n) is 6.29. The molecule has 4 heteroatoms. The summed E-state index contributed by atoms with van der Waals surface area (Å²) in [6, 6.07) is 7.56. The summed E-state index contributed by atoms with van der Waals surface area (Å²) in [6.07, 6.45) is 3.19. The van der Waals surface area contributed by atoms with E-state index in [4.69, 9.17) is 0 Å². The van der Waals surface area contributed by atoms with Gasteiger partial charge < -0.3 is 10.2 Å². The molecule has 0 radical (unpaired) electrons. The fraction of sp³-hybridized carbons (Fsp3) is 0.250. The molecule has 2 N–H and O–H groups in total. The van der Waals surface area contributed by atoms with Crippen LogP contribution in [0.4, 0.5) is 0 Å². The van der Waals surface area contributed by atoms with Crippen LogP contribution in [0.25, 0.3) is 5.57 Å². The van der Waals surface area contributed by atoms with Crippen molar-refractivity contribution in [1.29, 1.82) is 0 Å². The number of aliphatic carboxylic acids is 2. The van der Waals surface area contributed by atoms with E-state index in [9.17, 15) is 19.8 Å². The van der Waals surface area contributed by atoms with E-state index in [2.05, 4.69) is 0 Å². The number of carbonyl (C=O) groups is 2. The van der Waals surface area contributed by atoms with Crippen molar-refractivity contribution in [3.05, 3.63) is 53.1 Å². The molecule has 1 aliphatic rings. The Labute approximate surface area is 117 Å². The molecule has 1 atom stereocenters. The monoisotopic (exact) mass is 272 g/mol. The highest BCUT2D eigenvalue weighted by molar-refractivity contribution is 5.96. The van der Waals surface area contributed by atoms with Gasteiger partial charge in [0.1, 0.15) is 0 Å². The van der Waals surface area contributed by atoms with Crippen LogP contribution in [0.3, 0.4) is 0 Å². The van der Waals surface area contributed by atoms with E-state index < -0.39 is 17.4 Å². The highest BCUT2D eigenvalue weighted by Gasteiger charge is 2.36. The molecule has 104 valence electrons. The van der Waals surface area contributed by atoms with Crippen LogP contribution in [0, 0.1) is 12.3 Å². The molecule has 1 unspecified atom stereocenters. The maximum absolute atomic E-state index is 11.4. The molecular formula is C16H16O4. The summed E-state index contributed by atoms with van der Waals surface area (Å²) in [5.74, 6) is -2.09. The minimum atomic E-state index is -1.19. The lowest BCUT2D eigenvalue weighted by Gasteiger charge is -2.26. The Balaban J connectivity index is 2.56. The first-order chi connectivity index (χ1) is 9.32. The van der Waals surface area contributed by atoms with E-state index in [1.165, 1.54) is 0 Å². The molecule has 20 heavy (non-hydrogen) atoms. The Hall–Kier alpha value is -2.36. The van der Waals surface area contributed by atoms with Crippen LogP contribution in [0.5, 0.6) is 0 Å². The molecule has 0 heterocycles. The normalized spacial score (nSPS) is 21.9. The lowest BCUT2D eigenvalue weighted by Crippen LogP contribution is -2.29. The van der Waals surface area contributed by atoms with Gasteiger partial charge in [0, 0.05) is 5.57 Å². The molecule has 1 aliphatic carbocycles. The summed E-state index contributed by atoms with van der Waals surface area (Å²) in [6.45, 7) is 3.48. The van der Waals surface area contributed by atoms with Gasteiger partial charge in [-0.3, -0.25) is 4.79 Å². The number of benzene rings is 1. The number of hydrogen-bond donors (Lipinski definition) is 2. The fourth-order valence-corrected chi connectivity index (χ4v) is 2.34. The molecule has 0 bridgehead atoms. The van der Waals surface area contributed by atoms with Gasteiger partial charge in [0.2, 0.25) is 0 Å². The largest absolute Gasteiger partial charge is 0.481 e. The smallest absolute Gasteiger partial charge is 0.331 e. The zero-order valence-electron chi connectivity index (χ0n) is 11.4. The molecule has 1 aromatic rings. The van der Waals surface area contributed by atoms with Gasteiger partial charge in [0.15, 0.2) is 0 Å². The molecule has 0 aliphatic heterocycles. The number of aryl methyl sites for hydroxylation is 1. The standard InChI is InChI=1S/C16H16O4/c1-10-4-3-5-11(6-10)12-7-13(14(17)18)9-16(2,8-12)15(19)20/h3-8H,9H2,1-2H3,(H,17,18)(H,19,20). The number of rotatable bonds is 3. The summed E-state index contributed by atoms with van der Waals surface area (Å²) < 4.78 is 0. The predicted molar refractivity (Wildman–Crippen MR) is 75.2 cm³/mol. The Morgan fingerprint density at radius 3 is 2.50 bits per heavy atom. The van der Waals surface area contributed by atoms with Crippen LogP contribution in [0.15, 0.2) is 42.0 Å². The molecule has 4 nitrogen and oxygen atoms in total.